The third-order valence-corrected chi connectivity index (χ3v) is 3.39. The van der Waals surface area contributed by atoms with Crippen molar-refractivity contribution in [3.63, 3.8) is 0 Å². The second-order valence-electron chi connectivity index (χ2n) is 4.39. The number of carbonyl (C=O) groups excluding carboxylic acids is 2. The van der Waals surface area contributed by atoms with Gasteiger partial charge in [0.25, 0.3) is 11.8 Å². The standard InChI is InChI=1S/C14H11BrN4O5/c15-11-4-2-1-3-10(11)14(21)16-8-12(20)18-17-7-9-5-6-13(24-9)19(22)23/h1-7H,8H2,(H,16,21)(H,18,20)/b17-7-. The van der Waals surface area contributed by atoms with Gasteiger partial charge < -0.3 is 9.73 Å². The van der Waals surface area contributed by atoms with Crippen LogP contribution in [0.15, 0.2) is 50.4 Å². The van der Waals surface area contributed by atoms with Gasteiger partial charge in [0.05, 0.1) is 24.4 Å². The molecular weight excluding hydrogens is 384 g/mol. The maximum Gasteiger partial charge on any atom is 0.433 e. The maximum absolute atomic E-state index is 11.9. The van der Waals surface area contributed by atoms with E-state index in [1.54, 1.807) is 24.3 Å². The third-order valence-electron chi connectivity index (χ3n) is 2.70. The molecule has 9 nitrogen and oxygen atoms in total. The minimum atomic E-state index is -0.687. The van der Waals surface area contributed by atoms with Gasteiger partial charge in [0.15, 0.2) is 5.76 Å². The first-order valence-corrected chi connectivity index (χ1v) is 7.35. The molecule has 2 N–H and O–H groups in total. The van der Waals surface area contributed by atoms with Gasteiger partial charge in [0.1, 0.15) is 4.92 Å². The van der Waals surface area contributed by atoms with E-state index in [4.69, 9.17) is 4.42 Å². The van der Waals surface area contributed by atoms with Gasteiger partial charge in [-0.05, 0) is 34.1 Å². The quantitative estimate of drug-likeness (QED) is 0.438. The van der Waals surface area contributed by atoms with Crippen LogP contribution in [0.3, 0.4) is 0 Å². The molecule has 124 valence electrons. The van der Waals surface area contributed by atoms with Gasteiger partial charge in [-0.1, -0.05) is 12.1 Å². The van der Waals surface area contributed by atoms with Gasteiger partial charge in [-0.25, -0.2) is 5.43 Å². The van der Waals surface area contributed by atoms with Crippen molar-refractivity contribution >= 4 is 39.8 Å². The third kappa shape index (κ3) is 4.74. The minimum Gasteiger partial charge on any atom is -0.400 e. The number of furan rings is 1. The largest absolute Gasteiger partial charge is 0.433 e. The van der Waals surface area contributed by atoms with Crippen LogP contribution in [0.4, 0.5) is 5.88 Å². The van der Waals surface area contributed by atoms with Crippen LogP contribution in [0.2, 0.25) is 0 Å². The Kier molecular flexibility index (Phi) is 5.79. The molecule has 0 atom stereocenters. The van der Waals surface area contributed by atoms with E-state index in [9.17, 15) is 19.7 Å². The number of hydrogen-bond acceptors (Lipinski definition) is 6. The lowest BCUT2D eigenvalue weighted by molar-refractivity contribution is -0.402. The lowest BCUT2D eigenvalue weighted by Gasteiger charge is -2.05. The predicted molar refractivity (Wildman–Crippen MR) is 87.6 cm³/mol. The molecule has 0 saturated carbocycles. The van der Waals surface area contributed by atoms with E-state index in [2.05, 4.69) is 31.8 Å². The van der Waals surface area contributed by atoms with Crippen LogP contribution in [0.5, 0.6) is 0 Å². The van der Waals surface area contributed by atoms with Gasteiger partial charge in [0.2, 0.25) is 0 Å². The summed E-state index contributed by atoms with van der Waals surface area (Å²) in [7, 11) is 0. The highest BCUT2D eigenvalue weighted by molar-refractivity contribution is 9.10. The average molecular weight is 395 g/mol. The fraction of sp³-hybridized carbons (Fsp3) is 0.0714. The van der Waals surface area contributed by atoms with E-state index in [0.717, 1.165) is 6.21 Å². The van der Waals surface area contributed by atoms with Crippen molar-refractivity contribution in [2.24, 2.45) is 5.10 Å². The first-order chi connectivity index (χ1) is 11.5. The van der Waals surface area contributed by atoms with Gasteiger partial charge in [-0.15, -0.1) is 0 Å². The Hall–Kier alpha value is -3.01. The molecule has 1 heterocycles. The topological polar surface area (TPSA) is 127 Å². The molecule has 2 amide bonds. The van der Waals surface area contributed by atoms with Crippen LogP contribution < -0.4 is 10.7 Å². The van der Waals surface area contributed by atoms with Crippen molar-refractivity contribution in [3.05, 3.63) is 62.3 Å². The molecule has 1 aromatic heterocycles. The van der Waals surface area contributed by atoms with E-state index < -0.39 is 22.6 Å². The van der Waals surface area contributed by atoms with Crippen molar-refractivity contribution in [2.45, 2.75) is 0 Å². The Morgan fingerprint density at radius 2 is 2.04 bits per heavy atom. The molecule has 10 heteroatoms. The molecule has 0 bridgehead atoms. The summed E-state index contributed by atoms with van der Waals surface area (Å²) in [6, 6.07) is 9.29. The van der Waals surface area contributed by atoms with Crippen LogP contribution in [-0.2, 0) is 4.79 Å². The maximum atomic E-state index is 11.9. The van der Waals surface area contributed by atoms with Crippen molar-refractivity contribution in [1.82, 2.24) is 10.7 Å². The molecule has 0 radical (unpaired) electrons. The predicted octanol–water partition coefficient (Wildman–Crippen LogP) is 1.83. The summed E-state index contributed by atoms with van der Waals surface area (Å²) >= 11 is 3.24. The first-order valence-electron chi connectivity index (χ1n) is 6.56. The molecule has 1 aromatic carbocycles. The summed E-state index contributed by atoms with van der Waals surface area (Å²) in [6.45, 7) is -0.282. The average Bonchev–Trinajstić information content (AvgIpc) is 3.02. The zero-order chi connectivity index (χ0) is 17.5. The fourth-order valence-electron chi connectivity index (χ4n) is 1.62. The summed E-state index contributed by atoms with van der Waals surface area (Å²) in [6.07, 6.45) is 1.11. The summed E-state index contributed by atoms with van der Waals surface area (Å²) < 4.78 is 5.43. The first kappa shape index (κ1) is 17.3. The molecule has 0 fully saturated rings. The summed E-state index contributed by atoms with van der Waals surface area (Å²) in [5, 5.41) is 16.5. The van der Waals surface area contributed by atoms with Crippen molar-refractivity contribution in [1.29, 1.82) is 0 Å². The molecule has 0 aliphatic heterocycles. The minimum absolute atomic E-state index is 0.110. The van der Waals surface area contributed by atoms with Crippen LogP contribution in [0.1, 0.15) is 16.1 Å². The van der Waals surface area contributed by atoms with Gasteiger partial charge in [-0.3, -0.25) is 19.7 Å². The number of rotatable bonds is 6. The smallest absolute Gasteiger partial charge is 0.400 e. The number of nitrogens with one attached hydrogen (secondary N) is 2. The number of halogens is 1. The normalized spacial score (nSPS) is 10.5. The number of nitro groups is 1. The highest BCUT2D eigenvalue weighted by Gasteiger charge is 2.11. The van der Waals surface area contributed by atoms with Crippen LogP contribution in [0, 0.1) is 10.1 Å². The van der Waals surface area contributed by atoms with E-state index in [-0.39, 0.29) is 12.3 Å². The number of hydrazone groups is 1. The van der Waals surface area contributed by atoms with Crippen molar-refractivity contribution < 1.29 is 18.9 Å². The molecular formula is C14H11BrN4O5. The number of nitrogens with zero attached hydrogens (tertiary/aromatic N) is 2. The highest BCUT2D eigenvalue weighted by Crippen LogP contribution is 2.15. The second-order valence-corrected chi connectivity index (χ2v) is 5.24. The van der Waals surface area contributed by atoms with E-state index in [0.29, 0.717) is 10.0 Å². The van der Waals surface area contributed by atoms with Crippen LogP contribution in [0.25, 0.3) is 0 Å². The number of hydrogen-bond donors (Lipinski definition) is 2. The Morgan fingerprint density at radius 3 is 2.71 bits per heavy atom. The highest BCUT2D eigenvalue weighted by atomic mass is 79.9. The molecule has 0 unspecified atom stereocenters. The zero-order valence-corrected chi connectivity index (χ0v) is 13.6. The van der Waals surface area contributed by atoms with E-state index in [1.807, 2.05) is 0 Å². The SMILES string of the molecule is O=C(CNC(=O)c1ccccc1Br)N/N=C\c1ccc([N+](=O)[O-])o1. The molecule has 0 saturated heterocycles. The lowest BCUT2D eigenvalue weighted by Crippen LogP contribution is -2.35. The number of benzene rings is 1. The summed E-state index contributed by atoms with van der Waals surface area (Å²) in [4.78, 5) is 33.2. The Balaban J connectivity index is 1.81. The molecule has 2 aromatic rings. The van der Waals surface area contributed by atoms with Gasteiger partial charge in [-0.2, -0.15) is 5.10 Å². The monoisotopic (exact) mass is 394 g/mol. The van der Waals surface area contributed by atoms with Crippen LogP contribution >= 0.6 is 15.9 Å². The summed E-state index contributed by atoms with van der Waals surface area (Å²) in [5.41, 5.74) is 2.57. The summed E-state index contributed by atoms with van der Waals surface area (Å²) in [5.74, 6) is -1.29. The van der Waals surface area contributed by atoms with Crippen LogP contribution in [-0.4, -0.2) is 29.5 Å². The Bertz CT molecular complexity index is 802. The lowest BCUT2D eigenvalue weighted by atomic mass is 10.2. The number of carbonyl (C=O) groups is 2. The van der Waals surface area contributed by atoms with E-state index in [1.165, 1.54) is 12.1 Å². The molecule has 0 aliphatic rings. The molecule has 24 heavy (non-hydrogen) atoms. The fourth-order valence-corrected chi connectivity index (χ4v) is 2.08. The Labute approximate surface area is 144 Å². The van der Waals surface area contributed by atoms with Crippen molar-refractivity contribution in [3.8, 4) is 0 Å². The second kappa shape index (κ2) is 8.02. The molecule has 2 rings (SSSR count). The van der Waals surface area contributed by atoms with Crippen molar-refractivity contribution in [2.75, 3.05) is 6.54 Å². The van der Waals surface area contributed by atoms with E-state index >= 15 is 0 Å². The Morgan fingerprint density at radius 1 is 1.29 bits per heavy atom. The zero-order valence-electron chi connectivity index (χ0n) is 12.1. The molecule has 0 aliphatic carbocycles. The van der Waals surface area contributed by atoms with Gasteiger partial charge in [0, 0.05) is 4.47 Å². The van der Waals surface area contributed by atoms with Gasteiger partial charge >= 0.3 is 5.88 Å². The number of amides is 2. The molecule has 0 spiro atoms.